The van der Waals surface area contributed by atoms with E-state index >= 15 is 0 Å². The highest BCUT2D eigenvalue weighted by Gasteiger charge is 2.23. The van der Waals surface area contributed by atoms with Crippen molar-refractivity contribution in [1.29, 1.82) is 0 Å². The Hall–Kier alpha value is -1.75. The van der Waals surface area contributed by atoms with E-state index in [0.29, 0.717) is 12.3 Å². The maximum Gasteiger partial charge on any atom is 0.231 e. The monoisotopic (exact) mass is 304 g/mol. The van der Waals surface area contributed by atoms with E-state index in [-0.39, 0.29) is 12.7 Å². The average molecular weight is 304 g/mol. The van der Waals surface area contributed by atoms with Gasteiger partial charge in [-0.1, -0.05) is 13.0 Å². The van der Waals surface area contributed by atoms with Crippen LogP contribution in [0.3, 0.4) is 0 Å². The number of nitrogens with zero attached hydrogens (tertiary/aromatic N) is 1. The number of hydrogen-bond acceptors (Lipinski definition) is 4. The Balaban J connectivity index is 1.50. The molecule has 0 atom stereocenters. The van der Waals surface area contributed by atoms with Crippen molar-refractivity contribution in [1.82, 2.24) is 10.2 Å². The van der Waals surface area contributed by atoms with Crippen LogP contribution in [-0.2, 0) is 11.2 Å². The first-order valence-corrected chi connectivity index (χ1v) is 8.13. The SMILES string of the molecule is CCNCC1CCN(C(=O)Cc2ccc3c(c2)OCO3)CC1. The van der Waals surface area contributed by atoms with Gasteiger partial charge < -0.3 is 19.7 Å². The zero-order chi connectivity index (χ0) is 15.4. The number of hydrogen-bond donors (Lipinski definition) is 1. The quantitative estimate of drug-likeness (QED) is 0.901. The number of fused-ring (bicyclic) bond motifs is 1. The number of likely N-dealkylation sites (tertiary alicyclic amines) is 1. The van der Waals surface area contributed by atoms with Crippen molar-refractivity contribution in [2.45, 2.75) is 26.2 Å². The number of nitrogens with one attached hydrogen (secondary N) is 1. The summed E-state index contributed by atoms with van der Waals surface area (Å²) in [6.45, 7) is 6.24. The molecule has 0 spiro atoms. The van der Waals surface area contributed by atoms with Gasteiger partial charge in [0.1, 0.15) is 0 Å². The maximum absolute atomic E-state index is 12.4. The Morgan fingerprint density at radius 1 is 1.27 bits per heavy atom. The molecule has 1 saturated heterocycles. The van der Waals surface area contributed by atoms with Crippen LogP contribution < -0.4 is 14.8 Å². The van der Waals surface area contributed by atoms with Gasteiger partial charge in [0, 0.05) is 13.1 Å². The molecular weight excluding hydrogens is 280 g/mol. The van der Waals surface area contributed by atoms with Gasteiger partial charge in [-0.15, -0.1) is 0 Å². The molecule has 2 aliphatic rings. The zero-order valence-corrected chi connectivity index (χ0v) is 13.1. The summed E-state index contributed by atoms with van der Waals surface area (Å²) < 4.78 is 10.7. The molecule has 1 fully saturated rings. The Morgan fingerprint density at radius 2 is 2.05 bits per heavy atom. The fraction of sp³-hybridized carbons (Fsp3) is 0.588. The van der Waals surface area contributed by atoms with Gasteiger partial charge in [-0.2, -0.15) is 0 Å². The first kappa shape index (κ1) is 15.2. The number of rotatable bonds is 5. The third kappa shape index (κ3) is 3.53. The topological polar surface area (TPSA) is 50.8 Å². The van der Waals surface area contributed by atoms with Crippen LogP contribution in [0.5, 0.6) is 11.5 Å². The molecule has 5 nitrogen and oxygen atoms in total. The van der Waals surface area contributed by atoms with Gasteiger partial charge in [-0.25, -0.2) is 0 Å². The van der Waals surface area contributed by atoms with Crippen molar-refractivity contribution in [2.75, 3.05) is 33.0 Å². The Labute approximate surface area is 131 Å². The van der Waals surface area contributed by atoms with Crippen molar-refractivity contribution < 1.29 is 14.3 Å². The summed E-state index contributed by atoms with van der Waals surface area (Å²) in [7, 11) is 0. The number of carbonyl (C=O) groups excluding carboxylic acids is 1. The van der Waals surface area contributed by atoms with E-state index in [1.165, 1.54) is 0 Å². The van der Waals surface area contributed by atoms with Gasteiger partial charge in [-0.3, -0.25) is 4.79 Å². The minimum absolute atomic E-state index is 0.209. The molecule has 22 heavy (non-hydrogen) atoms. The van der Waals surface area contributed by atoms with Crippen molar-refractivity contribution >= 4 is 5.91 Å². The number of piperidine rings is 1. The third-order valence-corrected chi connectivity index (χ3v) is 4.44. The summed E-state index contributed by atoms with van der Waals surface area (Å²) in [5, 5.41) is 3.40. The van der Waals surface area contributed by atoms with Crippen molar-refractivity contribution in [3.8, 4) is 11.5 Å². The van der Waals surface area contributed by atoms with Gasteiger partial charge in [0.05, 0.1) is 6.42 Å². The second-order valence-electron chi connectivity index (χ2n) is 6.00. The number of carbonyl (C=O) groups is 1. The van der Waals surface area contributed by atoms with Gasteiger partial charge in [0.2, 0.25) is 12.7 Å². The molecule has 3 rings (SSSR count). The summed E-state index contributed by atoms with van der Waals surface area (Å²) in [6, 6.07) is 5.75. The van der Waals surface area contributed by atoms with Crippen LogP contribution in [-0.4, -0.2) is 43.8 Å². The molecule has 0 aliphatic carbocycles. The molecule has 1 amide bonds. The fourth-order valence-corrected chi connectivity index (χ4v) is 3.07. The number of ether oxygens (including phenoxy) is 2. The highest BCUT2D eigenvalue weighted by molar-refractivity contribution is 5.79. The zero-order valence-electron chi connectivity index (χ0n) is 13.1. The van der Waals surface area contributed by atoms with Crippen LogP contribution in [0.2, 0.25) is 0 Å². The first-order chi connectivity index (χ1) is 10.8. The third-order valence-electron chi connectivity index (χ3n) is 4.44. The highest BCUT2D eigenvalue weighted by atomic mass is 16.7. The summed E-state index contributed by atoms with van der Waals surface area (Å²) in [6.07, 6.45) is 2.63. The minimum Gasteiger partial charge on any atom is -0.454 e. The van der Waals surface area contributed by atoms with Crippen LogP contribution >= 0.6 is 0 Å². The van der Waals surface area contributed by atoms with E-state index in [1.807, 2.05) is 23.1 Å². The van der Waals surface area contributed by atoms with Crippen molar-refractivity contribution in [3.05, 3.63) is 23.8 Å². The Kier molecular flexibility index (Phi) is 4.83. The number of benzene rings is 1. The van der Waals surface area contributed by atoms with Crippen LogP contribution in [0.1, 0.15) is 25.3 Å². The van der Waals surface area contributed by atoms with Gasteiger partial charge >= 0.3 is 0 Å². The molecule has 0 bridgehead atoms. The Bertz CT molecular complexity index is 525. The van der Waals surface area contributed by atoms with Crippen LogP contribution in [0, 0.1) is 5.92 Å². The maximum atomic E-state index is 12.4. The molecule has 2 aliphatic heterocycles. The standard InChI is InChI=1S/C17H24N2O3/c1-2-18-11-13-5-7-19(8-6-13)17(20)10-14-3-4-15-16(9-14)22-12-21-15/h3-4,9,13,18H,2,5-8,10-12H2,1H3. The van der Waals surface area contributed by atoms with E-state index in [4.69, 9.17) is 9.47 Å². The molecule has 1 aromatic carbocycles. The molecule has 120 valence electrons. The lowest BCUT2D eigenvalue weighted by Gasteiger charge is -2.32. The Morgan fingerprint density at radius 3 is 2.82 bits per heavy atom. The summed E-state index contributed by atoms with van der Waals surface area (Å²) in [5.74, 6) is 2.42. The molecule has 0 radical (unpaired) electrons. The first-order valence-electron chi connectivity index (χ1n) is 8.13. The molecule has 0 saturated carbocycles. The summed E-state index contributed by atoms with van der Waals surface area (Å²) in [4.78, 5) is 14.4. The van der Waals surface area contributed by atoms with Crippen LogP contribution in [0.4, 0.5) is 0 Å². The second-order valence-corrected chi connectivity index (χ2v) is 6.00. The average Bonchev–Trinajstić information content (AvgIpc) is 3.01. The minimum atomic E-state index is 0.209. The lowest BCUT2D eigenvalue weighted by Crippen LogP contribution is -2.41. The normalized spacial score (nSPS) is 17.8. The predicted molar refractivity (Wildman–Crippen MR) is 84.1 cm³/mol. The van der Waals surface area contributed by atoms with Crippen LogP contribution in [0.25, 0.3) is 0 Å². The molecule has 1 N–H and O–H groups in total. The predicted octanol–water partition coefficient (Wildman–Crippen LogP) is 1.81. The van der Waals surface area contributed by atoms with Crippen LogP contribution in [0.15, 0.2) is 18.2 Å². The highest BCUT2D eigenvalue weighted by Crippen LogP contribution is 2.32. The van der Waals surface area contributed by atoms with Gasteiger partial charge in [0.15, 0.2) is 11.5 Å². The molecule has 5 heteroatoms. The van der Waals surface area contributed by atoms with Gasteiger partial charge in [0.25, 0.3) is 0 Å². The van der Waals surface area contributed by atoms with Gasteiger partial charge in [-0.05, 0) is 49.5 Å². The molecule has 2 heterocycles. The fourth-order valence-electron chi connectivity index (χ4n) is 3.07. The largest absolute Gasteiger partial charge is 0.454 e. The molecule has 0 unspecified atom stereocenters. The lowest BCUT2D eigenvalue weighted by molar-refractivity contribution is -0.131. The van der Waals surface area contributed by atoms with E-state index < -0.39 is 0 Å². The second kappa shape index (κ2) is 7.01. The van der Waals surface area contributed by atoms with Crippen molar-refractivity contribution in [3.63, 3.8) is 0 Å². The molecule has 1 aromatic rings. The summed E-state index contributed by atoms with van der Waals surface area (Å²) >= 11 is 0. The number of amides is 1. The van der Waals surface area contributed by atoms with Crippen molar-refractivity contribution in [2.24, 2.45) is 5.92 Å². The van der Waals surface area contributed by atoms with E-state index in [1.54, 1.807) is 0 Å². The van der Waals surface area contributed by atoms with E-state index in [9.17, 15) is 4.79 Å². The van der Waals surface area contributed by atoms with E-state index in [2.05, 4.69) is 12.2 Å². The lowest BCUT2D eigenvalue weighted by atomic mass is 9.96. The molecule has 0 aromatic heterocycles. The smallest absolute Gasteiger partial charge is 0.231 e. The molecular formula is C17H24N2O3. The van der Waals surface area contributed by atoms with E-state index in [0.717, 1.165) is 56.1 Å². The summed E-state index contributed by atoms with van der Waals surface area (Å²) in [5.41, 5.74) is 0.990.